The standard InChI is InChI=1S/C10H8N2O2S2.H2O4S.Sr.2H/c13-11-7-3-1-5-9(11)15-16-10-6-2-4-8-12(10)14;1-5(2,3)4;;;/h1-8H;(H2,1,2,3,4);;;/q;;+2;2*-1. The monoisotopic (exact) mass is 440 g/mol. The molecule has 8 nitrogen and oxygen atoms in total. The maximum atomic E-state index is 11.3. The van der Waals surface area contributed by atoms with Gasteiger partial charge in [0, 0.05) is 45.9 Å². The molecule has 2 rings (SSSR count). The zero-order valence-electron chi connectivity index (χ0n) is 13.0. The average Bonchev–Trinajstić information content (AvgIpc) is 2.37. The first-order chi connectivity index (χ1) is 9.77. The van der Waals surface area contributed by atoms with E-state index in [-0.39, 0.29) is 48.3 Å². The van der Waals surface area contributed by atoms with Crippen molar-refractivity contribution >= 4 is 77.5 Å². The first-order valence-corrected chi connectivity index (χ1v) is 8.73. The molecule has 0 saturated heterocycles. The largest absolute Gasteiger partial charge is 2.00 e. The van der Waals surface area contributed by atoms with E-state index in [2.05, 4.69) is 0 Å². The van der Waals surface area contributed by atoms with E-state index >= 15 is 0 Å². The fourth-order valence-corrected chi connectivity index (χ4v) is 3.03. The molecule has 0 aromatic carbocycles. The van der Waals surface area contributed by atoms with Crippen molar-refractivity contribution in [1.29, 1.82) is 0 Å². The third-order valence-electron chi connectivity index (χ3n) is 1.79. The van der Waals surface area contributed by atoms with Crippen molar-refractivity contribution in [1.82, 2.24) is 0 Å². The number of pyridine rings is 2. The van der Waals surface area contributed by atoms with Gasteiger partial charge in [0.1, 0.15) is 0 Å². The van der Waals surface area contributed by atoms with Gasteiger partial charge in [-0.1, -0.05) is 0 Å². The van der Waals surface area contributed by atoms with Crippen LogP contribution in [0.2, 0.25) is 0 Å². The second-order valence-corrected chi connectivity index (χ2v) is 6.41. The van der Waals surface area contributed by atoms with Crippen LogP contribution in [0.25, 0.3) is 0 Å². The van der Waals surface area contributed by atoms with Crippen LogP contribution in [0, 0.1) is 10.4 Å². The Hall–Kier alpha value is -0.0495. The van der Waals surface area contributed by atoms with E-state index in [0.29, 0.717) is 10.1 Å². The summed E-state index contributed by atoms with van der Waals surface area (Å²) >= 11 is 0. The van der Waals surface area contributed by atoms with Crippen molar-refractivity contribution < 1.29 is 29.8 Å². The zero-order chi connectivity index (χ0) is 15.9. The molecule has 12 heteroatoms. The number of hydrogen-bond donors (Lipinski definition) is 2. The molecular formula is C10H12N2O6S3Sr. The molecule has 118 valence electrons. The van der Waals surface area contributed by atoms with Crippen LogP contribution in [0.4, 0.5) is 0 Å². The third-order valence-corrected chi connectivity index (χ3v) is 4.12. The van der Waals surface area contributed by atoms with Gasteiger partial charge in [0.15, 0.2) is 12.4 Å². The molecule has 0 fully saturated rings. The molecule has 0 amide bonds. The van der Waals surface area contributed by atoms with Gasteiger partial charge in [-0.3, -0.25) is 9.11 Å². The molecule has 2 aromatic heterocycles. The summed E-state index contributed by atoms with van der Waals surface area (Å²) in [6.45, 7) is 0. The summed E-state index contributed by atoms with van der Waals surface area (Å²) in [5, 5.41) is 23.8. The van der Waals surface area contributed by atoms with Gasteiger partial charge in [-0.25, -0.2) is 0 Å². The Balaban J connectivity index is -0.000000490. The molecule has 0 aliphatic rings. The van der Waals surface area contributed by atoms with Gasteiger partial charge in [0.2, 0.25) is 0 Å². The zero-order valence-corrected chi connectivity index (χ0v) is 16.9. The first-order valence-electron chi connectivity index (χ1n) is 5.18. The van der Waals surface area contributed by atoms with Crippen molar-refractivity contribution in [2.45, 2.75) is 10.1 Å². The van der Waals surface area contributed by atoms with Gasteiger partial charge in [0.25, 0.3) is 10.1 Å². The number of nitrogens with zero attached hydrogens (tertiary/aromatic N) is 2. The Morgan fingerprint density at radius 2 is 1.23 bits per heavy atom. The van der Waals surface area contributed by atoms with Gasteiger partial charge in [0.05, 0.1) is 0 Å². The number of hydrogen-bond acceptors (Lipinski definition) is 6. The van der Waals surface area contributed by atoms with Crippen LogP contribution in [-0.4, -0.2) is 63.0 Å². The molecule has 2 N–H and O–H groups in total. The maximum absolute atomic E-state index is 11.3. The SMILES string of the molecule is O=S(=O)(O)O.[H-].[H-].[O-][n+]1ccccc1SSc1cccc[n+]1[O-].[Sr+2]. The Morgan fingerprint density at radius 1 is 0.909 bits per heavy atom. The number of aromatic nitrogens is 2. The summed E-state index contributed by atoms with van der Waals surface area (Å²) in [6, 6.07) is 10.3. The summed E-state index contributed by atoms with van der Waals surface area (Å²) in [6.07, 6.45) is 2.86. The molecule has 2 aromatic rings. The van der Waals surface area contributed by atoms with Crippen molar-refractivity contribution in [3.05, 3.63) is 59.2 Å². The van der Waals surface area contributed by atoms with E-state index in [1.165, 1.54) is 34.0 Å². The van der Waals surface area contributed by atoms with E-state index in [4.69, 9.17) is 17.5 Å². The quantitative estimate of drug-likeness (QED) is 0.238. The Morgan fingerprint density at radius 3 is 1.50 bits per heavy atom. The second kappa shape index (κ2) is 10.7. The molecule has 0 aliphatic carbocycles. The fraction of sp³-hybridized carbons (Fsp3) is 0. The summed E-state index contributed by atoms with van der Waals surface area (Å²) in [7, 11) is -2.15. The maximum Gasteiger partial charge on any atom is 2.00 e. The predicted octanol–water partition coefficient (Wildman–Crippen LogP) is 0.944. The average molecular weight is 440 g/mol. The molecule has 22 heavy (non-hydrogen) atoms. The molecule has 2 heterocycles. The van der Waals surface area contributed by atoms with Crippen LogP contribution in [0.15, 0.2) is 58.8 Å². The molecule has 0 bridgehead atoms. The van der Waals surface area contributed by atoms with Gasteiger partial charge in [-0.15, -0.1) is 0 Å². The minimum Gasteiger partial charge on any atom is -1.00 e. The fourth-order valence-electron chi connectivity index (χ4n) is 1.04. The van der Waals surface area contributed by atoms with Crippen molar-refractivity contribution in [3.63, 3.8) is 0 Å². The Labute approximate surface area is 174 Å². The van der Waals surface area contributed by atoms with Crippen LogP contribution in [0.1, 0.15) is 2.85 Å². The van der Waals surface area contributed by atoms with Crippen LogP contribution in [0.3, 0.4) is 0 Å². The molecule has 0 spiro atoms. The van der Waals surface area contributed by atoms with E-state index in [1.807, 2.05) is 0 Å². The van der Waals surface area contributed by atoms with Crippen molar-refractivity contribution in [2.24, 2.45) is 0 Å². The summed E-state index contributed by atoms with van der Waals surface area (Å²) in [5.74, 6) is 0. The van der Waals surface area contributed by atoms with Crippen molar-refractivity contribution in [3.8, 4) is 0 Å². The van der Waals surface area contributed by atoms with Gasteiger partial charge in [-0.05, 0) is 12.1 Å². The van der Waals surface area contributed by atoms with Crippen molar-refractivity contribution in [2.75, 3.05) is 0 Å². The molecular weight excluding hydrogens is 428 g/mol. The minimum absolute atomic E-state index is 0. The predicted molar refractivity (Wildman–Crippen MR) is 84.7 cm³/mol. The molecule has 0 saturated carbocycles. The Bertz CT molecular complexity index is 657. The van der Waals surface area contributed by atoms with Crippen LogP contribution in [0.5, 0.6) is 0 Å². The topological polar surface area (TPSA) is 128 Å². The summed E-state index contributed by atoms with van der Waals surface area (Å²) in [5.41, 5.74) is 0. The molecule has 0 aliphatic heterocycles. The smallest absolute Gasteiger partial charge is 1.00 e. The minimum atomic E-state index is -4.67. The second-order valence-electron chi connectivity index (χ2n) is 3.34. The number of rotatable bonds is 3. The van der Waals surface area contributed by atoms with Crippen LogP contribution >= 0.6 is 21.6 Å². The van der Waals surface area contributed by atoms with Gasteiger partial charge >= 0.3 is 55.9 Å². The normalized spacial score (nSPS) is 10.1. The molecule has 0 atom stereocenters. The van der Waals surface area contributed by atoms with E-state index in [1.54, 1.807) is 36.4 Å². The first kappa shape index (κ1) is 22.0. The Kier molecular flexibility index (Phi) is 10.6. The third kappa shape index (κ3) is 9.86. The summed E-state index contributed by atoms with van der Waals surface area (Å²) < 4.78 is 33.1. The van der Waals surface area contributed by atoms with Crippen LogP contribution < -0.4 is 9.46 Å². The van der Waals surface area contributed by atoms with E-state index in [0.717, 1.165) is 9.46 Å². The van der Waals surface area contributed by atoms with E-state index in [9.17, 15) is 10.4 Å². The molecule has 0 radical (unpaired) electrons. The van der Waals surface area contributed by atoms with Crippen LogP contribution in [-0.2, 0) is 10.4 Å². The molecule has 0 unspecified atom stereocenters. The summed E-state index contributed by atoms with van der Waals surface area (Å²) in [4.78, 5) is 0. The van der Waals surface area contributed by atoms with Gasteiger partial charge < -0.3 is 13.3 Å². The van der Waals surface area contributed by atoms with Gasteiger partial charge in [-0.2, -0.15) is 17.9 Å². The van der Waals surface area contributed by atoms with E-state index < -0.39 is 10.4 Å².